The highest BCUT2D eigenvalue weighted by molar-refractivity contribution is 6.05. The van der Waals surface area contributed by atoms with Gasteiger partial charge in [0, 0.05) is 23.7 Å². The van der Waals surface area contributed by atoms with Crippen LogP contribution >= 0.6 is 0 Å². The Bertz CT molecular complexity index is 1280. The second kappa shape index (κ2) is 6.05. The first kappa shape index (κ1) is 16.7. The Morgan fingerprint density at radius 3 is 2.79 bits per heavy atom. The van der Waals surface area contributed by atoms with Crippen molar-refractivity contribution in [2.45, 2.75) is 38.6 Å². The van der Waals surface area contributed by atoms with Crippen molar-refractivity contribution < 1.29 is 4.79 Å². The highest BCUT2D eigenvalue weighted by atomic mass is 16.2. The number of anilines is 1. The molecule has 1 aromatic carbocycles. The van der Waals surface area contributed by atoms with Gasteiger partial charge in [-0.05, 0) is 43.2 Å². The molecule has 0 bridgehead atoms. The van der Waals surface area contributed by atoms with E-state index in [1.54, 1.807) is 22.8 Å². The van der Waals surface area contributed by atoms with Crippen LogP contribution in [0.3, 0.4) is 0 Å². The number of aromatic nitrogens is 5. The van der Waals surface area contributed by atoms with Crippen LogP contribution in [0.15, 0.2) is 41.3 Å². The van der Waals surface area contributed by atoms with E-state index < -0.39 is 0 Å². The Hall–Kier alpha value is -3.42. The number of hydrogen-bond donors (Lipinski definition) is 2. The Labute approximate surface area is 160 Å². The van der Waals surface area contributed by atoms with Crippen LogP contribution in [0.1, 0.15) is 54.8 Å². The van der Waals surface area contributed by atoms with Gasteiger partial charge in [-0.3, -0.25) is 13.8 Å². The molecule has 1 amide bonds. The quantitative estimate of drug-likeness (QED) is 0.572. The molecule has 1 aliphatic rings. The molecular formula is C20H20N6O2. The SMILES string of the molecule is CC(C)c1nnc2ccc(NC(=O)c3ccc4c(c3)[nH]c(=O)n4C3CC3)cn12. The Balaban J connectivity index is 1.46. The predicted molar refractivity (Wildman–Crippen MR) is 106 cm³/mol. The summed E-state index contributed by atoms with van der Waals surface area (Å²) < 4.78 is 3.67. The summed E-state index contributed by atoms with van der Waals surface area (Å²) in [4.78, 5) is 27.8. The van der Waals surface area contributed by atoms with Gasteiger partial charge in [0.15, 0.2) is 5.65 Å². The van der Waals surface area contributed by atoms with E-state index in [2.05, 4.69) is 20.5 Å². The minimum absolute atomic E-state index is 0.116. The summed E-state index contributed by atoms with van der Waals surface area (Å²) in [6.07, 6.45) is 3.88. The molecule has 5 rings (SSSR count). The van der Waals surface area contributed by atoms with Gasteiger partial charge in [-0.1, -0.05) is 13.8 Å². The highest BCUT2D eigenvalue weighted by Crippen LogP contribution is 2.35. The van der Waals surface area contributed by atoms with Gasteiger partial charge < -0.3 is 10.3 Å². The van der Waals surface area contributed by atoms with Gasteiger partial charge in [-0.2, -0.15) is 0 Å². The number of rotatable bonds is 4. The predicted octanol–water partition coefficient (Wildman–Crippen LogP) is 3.08. The number of hydrogen-bond acceptors (Lipinski definition) is 4. The lowest BCUT2D eigenvalue weighted by Crippen LogP contribution is -2.14. The molecule has 0 radical (unpaired) electrons. The molecule has 0 aliphatic heterocycles. The first-order valence-corrected chi connectivity index (χ1v) is 9.41. The van der Waals surface area contributed by atoms with Crippen LogP contribution in [-0.4, -0.2) is 30.1 Å². The number of carbonyl (C=O) groups is 1. The third kappa shape index (κ3) is 2.69. The monoisotopic (exact) mass is 376 g/mol. The van der Waals surface area contributed by atoms with Crippen LogP contribution in [0, 0.1) is 0 Å². The van der Waals surface area contributed by atoms with Crippen molar-refractivity contribution in [1.82, 2.24) is 24.1 Å². The number of nitrogens with zero attached hydrogens (tertiary/aromatic N) is 4. The van der Waals surface area contributed by atoms with Crippen molar-refractivity contribution in [1.29, 1.82) is 0 Å². The molecule has 1 fully saturated rings. The average molecular weight is 376 g/mol. The lowest BCUT2D eigenvalue weighted by Gasteiger charge is -2.08. The number of benzene rings is 1. The summed E-state index contributed by atoms with van der Waals surface area (Å²) in [5.74, 6) is 0.822. The lowest BCUT2D eigenvalue weighted by molar-refractivity contribution is 0.102. The minimum Gasteiger partial charge on any atom is -0.321 e. The van der Waals surface area contributed by atoms with Gasteiger partial charge in [-0.25, -0.2) is 4.79 Å². The third-order valence-electron chi connectivity index (χ3n) is 5.09. The van der Waals surface area contributed by atoms with E-state index in [-0.39, 0.29) is 23.6 Å². The molecule has 2 N–H and O–H groups in total. The second-order valence-corrected chi connectivity index (χ2v) is 7.58. The number of nitrogens with one attached hydrogen (secondary N) is 2. The topological polar surface area (TPSA) is 97.1 Å². The molecule has 0 spiro atoms. The molecule has 142 valence electrons. The second-order valence-electron chi connectivity index (χ2n) is 7.58. The molecule has 0 saturated heterocycles. The third-order valence-corrected chi connectivity index (χ3v) is 5.09. The van der Waals surface area contributed by atoms with Gasteiger partial charge >= 0.3 is 5.69 Å². The molecule has 8 heteroatoms. The number of pyridine rings is 1. The molecule has 0 atom stereocenters. The Morgan fingerprint density at radius 2 is 2.04 bits per heavy atom. The van der Waals surface area contributed by atoms with Crippen LogP contribution in [0.2, 0.25) is 0 Å². The largest absolute Gasteiger partial charge is 0.326 e. The number of amides is 1. The van der Waals surface area contributed by atoms with Gasteiger partial charge in [0.25, 0.3) is 5.91 Å². The van der Waals surface area contributed by atoms with E-state index in [9.17, 15) is 9.59 Å². The van der Waals surface area contributed by atoms with Crippen molar-refractivity contribution in [3.8, 4) is 0 Å². The van der Waals surface area contributed by atoms with Gasteiger partial charge in [0.1, 0.15) is 5.82 Å². The maximum atomic E-state index is 12.7. The maximum absolute atomic E-state index is 12.7. The number of H-pyrrole nitrogens is 1. The van der Waals surface area contributed by atoms with Crippen molar-refractivity contribution in [3.63, 3.8) is 0 Å². The minimum atomic E-state index is -0.236. The molecular weight excluding hydrogens is 356 g/mol. The normalized spacial score (nSPS) is 14.2. The van der Waals surface area contributed by atoms with Crippen molar-refractivity contribution in [2.75, 3.05) is 5.32 Å². The number of aromatic amines is 1. The summed E-state index contributed by atoms with van der Waals surface area (Å²) >= 11 is 0. The van der Waals surface area contributed by atoms with E-state index in [1.165, 1.54) is 0 Å². The molecule has 1 saturated carbocycles. The van der Waals surface area contributed by atoms with Crippen LogP contribution in [0.4, 0.5) is 5.69 Å². The fourth-order valence-electron chi connectivity index (χ4n) is 3.55. The smallest absolute Gasteiger partial charge is 0.321 e. The Kier molecular flexibility index (Phi) is 3.61. The molecule has 3 heterocycles. The summed E-state index contributed by atoms with van der Waals surface area (Å²) in [5.41, 5.74) is 3.29. The number of carbonyl (C=O) groups excluding carboxylic acids is 1. The molecule has 28 heavy (non-hydrogen) atoms. The van der Waals surface area contributed by atoms with Gasteiger partial charge in [0.2, 0.25) is 0 Å². The molecule has 0 unspecified atom stereocenters. The van der Waals surface area contributed by atoms with E-state index in [0.29, 0.717) is 16.8 Å². The fourth-order valence-corrected chi connectivity index (χ4v) is 3.55. The molecule has 1 aliphatic carbocycles. The fraction of sp³-hybridized carbons (Fsp3) is 0.300. The van der Waals surface area contributed by atoms with Gasteiger partial charge in [-0.15, -0.1) is 10.2 Å². The Morgan fingerprint density at radius 1 is 1.21 bits per heavy atom. The maximum Gasteiger partial charge on any atom is 0.326 e. The standard InChI is InChI=1S/C20H20N6O2/c1-11(2)18-24-23-17-8-4-13(10-25(17)18)21-19(27)12-3-7-16-15(9-12)22-20(28)26(16)14-5-6-14/h3-4,7-11,14H,5-6H2,1-2H3,(H,21,27)(H,22,28). The van der Waals surface area contributed by atoms with Crippen LogP contribution in [0.5, 0.6) is 0 Å². The summed E-state index contributed by atoms with van der Waals surface area (Å²) in [7, 11) is 0. The van der Waals surface area contributed by atoms with E-state index in [0.717, 1.165) is 29.8 Å². The number of fused-ring (bicyclic) bond motifs is 2. The molecule has 3 aromatic heterocycles. The van der Waals surface area contributed by atoms with Crippen LogP contribution in [-0.2, 0) is 0 Å². The van der Waals surface area contributed by atoms with E-state index >= 15 is 0 Å². The highest BCUT2D eigenvalue weighted by Gasteiger charge is 2.27. The average Bonchev–Trinajstić information content (AvgIpc) is 3.31. The molecule has 8 nitrogen and oxygen atoms in total. The zero-order chi connectivity index (χ0) is 19.4. The van der Waals surface area contributed by atoms with Crippen molar-refractivity contribution in [3.05, 3.63) is 58.4 Å². The van der Waals surface area contributed by atoms with E-state index in [1.807, 2.05) is 36.6 Å². The van der Waals surface area contributed by atoms with Crippen molar-refractivity contribution in [2.24, 2.45) is 0 Å². The first-order chi connectivity index (χ1) is 13.5. The van der Waals surface area contributed by atoms with E-state index in [4.69, 9.17) is 0 Å². The zero-order valence-corrected chi connectivity index (χ0v) is 15.6. The van der Waals surface area contributed by atoms with Crippen LogP contribution < -0.4 is 11.0 Å². The zero-order valence-electron chi connectivity index (χ0n) is 15.6. The summed E-state index contributed by atoms with van der Waals surface area (Å²) in [6, 6.07) is 9.22. The molecule has 4 aromatic rings. The number of imidazole rings is 1. The first-order valence-electron chi connectivity index (χ1n) is 9.41. The van der Waals surface area contributed by atoms with Crippen molar-refractivity contribution >= 4 is 28.3 Å². The van der Waals surface area contributed by atoms with Gasteiger partial charge in [0.05, 0.1) is 16.7 Å². The lowest BCUT2D eigenvalue weighted by atomic mass is 10.2. The summed E-state index contributed by atoms with van der Waals surface area (Å²) in [5, 5.41) is 11.3. The summed E-state index contributed by atoms with van der Waals surface area (Å²) in [6.45, 7) is 4.09. The van der Waals surface area contributed by atoms with Crippen LogP contribution in [0.25, 0.3) is 16.7 Å².